The summed E-state index contributed by atoms with van der Waals surface area (Å²) < 4.78 is 0. The molecule has 1 atom stereocenters. The van der Waals surface area contributed by atoms with Gasteiger partial charge in [-0.1, -0.05) is 29.5 Å². The standard InChI is InChI=1S/C23H29N5O3S/c1-26(2)10-6-11-27-14-17(13-20(27)29)21(30)25-23-24-18-9-12-28(15-19(18)32-23)22(31)16-7-4-3-5-8-16/h3-5,7-8,17H,6,9-15H2,1-2H3,(H,24,25,30). The van der Waals surface area contributed by atoms with Crippen molar-refractivity contribution in [3.63, 3.8) is 0 Å². The third-order valence-electron chi connectivity index (χ3n) is 5.89. The van der Waals surface area contributed by atoms with Crippen molar-refractivity contribution in [3.8, 4) is 0 Å². The van der Waals surface area contributed by atoms with Crippen molar-refractivity contribution in [2.45, 2.75) is 25.8 Å². The molecule has 0 bridgehead atoms. The van der Waals surface area contributed by atoms with Gasteiger partial charge in [0.15, 0.2) is 5.13 Å². The number of nitrogens with zero attached hydrogens (tertiary/aromatic N) is 4. The maximum Gasteiger partial charge on any atom is 0.254 e. The Balaban J connectivity index is 1.33. The maximum absolute atomic E-state index is 12.8. The third-order valence-corrected chi connectivity index (χ3v) is 6.89. The summed E-state index contributed by atoms with van der Waals surface area (Å²) in [6, 6.07) is 9.26. The zero-order valence-corrected chi connectivity index (χ0v) is 19.4. The molecule has 2 aliphatic rings. The molecule has 9 heteroatoms. The SMILES string of the molecule is CN(C)CCCN1CC(C(=O)Nc2nc3c(s2)CN(C(=O)c2ccccc2)CC3)CC1=O. The molecule has 4 rings (SSSR count). The van der Waals surface area contributed by atoms with Gasteiger partial charge in [-0.05, 0) is 39.2 Å². The Morgan fingerprint density at radius 3 is 2.78 bits per heavy atom. The van der Waals surface area contributed by atoms with Crippen molar-refractivity contribution >= 4 is 34.2 Å². The van der Waals surface area contributed by atoms with E-state index >= 15 is 0 Å². The molecule has 170 valence electrons. The summed E-state index contributed by atoms with van der Waals surface area (Å²) in [4.78, 5) is 49.1. The van der Waals surface area contributed by atoms with Gasteiger partial charge in [0.05, 0.1) is 18.2 Å². The fourth-order valence-corrected chi connectivity index (χ4v) is 5.16. The minimum absolute atomic E-state index is 0.00839. The lowest BCUT2D eigenvalue weighted by Crippen LogP contribution is -2.35. The molecule has 3 amide bonds. The number of amides is 3. The number of carbonyl (C=O) groups excluding carboxylic acids is 3. The van der Waals surface area contributed by atoms with Crippen LogP contribution in [0.15, 0.2) is 30.3 Å². The first-order valence-electron chi connectivity index (χ1n) is 11.0. The smallest absolute Gasteiger partial charge is 0.254 e. The van der Waals surface area contributed by atoms with Crippen LogP contribution >= 0.6 is 11.3 Å². The van der Waals surface area contributed by atoms with Crippen LogP contribution in [-0.4, -0.2) is 77.7 Å². The number of fused-ring (bicyclic) bond motifs is 1. The molecule has 1 saturated heterocycles. The molecule has 0 aliphatic carbocycles. The highest BCUT2D eigenvalue weighted by Crippen LogP contribution is 2.30. The van der Waals surface area contributed by atoms with Gasteiger partial charge in [-0.3, -0.25) is 14.4 Å². The number of benzene rings is 1. The fourth-order valence-electron chi connectivity index (χ4n) is 4.13. The van der Waals surface area contributed by atoms with Crippen LogP contribution in [0, 0.1) is 5.92 Å². The first-order chi connectivity index (χ1) is 15.4. The third kappa shape index (κ3) is 5.16. The van der Waals surface area contributed by atoms with Gasteiger partial charge in [-0.15, -0.1) is 0 Å². The number of hydrogen-bond acceptors (Lipinski definition) is 6. The summed E-state index contributed by atoms with van der Waals surface area (Å²) in [5.41, 5.74) is 1.62. The Bertz CT molecular complexity index is 991. The molecule has 3 heterocycles. The zero-order valence-electron chi connectivity index (χ0n) is 18.5. The van der Waals surface area contributed by atoms with Gasteiger partial charge < -0.3 is 20.0 Å². The first kappa shape index (κ1) is 22.4. The van der Waals surface area contributed by atoms with Crippen molar-refractivity contribution < 1.29 is 14.4 Å². The number of aromatic nitrogens is 1. The van der Waals surface area contributed by atoms with E-state index in [4.69, 9.17) is 0 Å². The summed E-state index contributed by atoms with van der Waals surface area (Å²) in [5, 5.41) is 3.46. The van der Waals surface area contributed by atoms with E-state index in [2.05, 4.69) is 15.2 Å². The topological polar surface area (TPSA) is 85.8 Å². The van der Waals surface area contributed by atoms with Crippen molar-refractivity contribution in [1.29, 1.82) is 0 Å². The van der Waals surface area contributed by atoms with E-state index in [0.29, 0.717) is 43.3 Å². The highest BCUT2D eigenvalue weighted by atomic mass is 32.1. The van der Waals surface area contributed by atoms with Gasteiger partial charge >= 0.3 is 0 Å². The number of hydrogen-bond donors (Lipinski definition) is 1. The number of rotatable bonds is 7. The van der Waals surface area contributed by atoms with Crippen LogP contribution in [0.2, 0.25) is 0 Å². The van der Waals surface area contributed by atoms with Gasteiger partial charge in [0.25, 0.3) is 5.91 Å². The van der Waals surface area contributed by atoms with E-state index in [1.807, 2.05) is 49.3 Å². The summed E-state index contributed by atoms with van der Waals surface area (Å²) >= 11 is 1.42. The fraction of sp³-hybridized carbons (Fsp3) is 0.478. The molecule has 1 aromatic heterocycles. The Hall–Kier alpha value is -2.78. The molecule has 1 aromatic carbocycles. The predicted molar refractivity (Wildman–Crippen MR) is 123 cm³/mol. The monoisotopic (exact) mass is 455 g/mol. The van der Waals surface area contributed by atoms with Gasteiger partial charge in [0.2, 0.25) is 11.8 Å². The number of nitrogens with one attached hydrogen (secondary N) is 1. The van der Waals surface area contributed by atoms with Crippen LogP contribution < -0.4 is 5.32 Å². The van der Waals surface area contributed by atoms with E-state index in [1.54, 1.807) is 4.90 Å². The maximum atomic E-state index is 12.8. The average molecular weight is 456 g/mol. The second-order valence-electron chi connectivity index (χ2n) is 8.62. The van der Waals surface area contributed by atoms with E-state index in [1.165, 1.54) is 11.3 Å². The normalized spacial score (nSPS) is 18.2. The molecule has 1 fully saturated rings. The summed E-state index contributed by atoms with van der Waals surface area (Å²) in [6.07, 6.45) is 1.81. The molecular formula is C23H29N5O3S. The van der Waals surface area contributed by atoms with Crippen molar-refractivity contribution in [3.05, 3.63) is 46.5 Å². The van der Waals surface area contributed by atoms with Crippen LogP contribution in [0.5, 0.6) is 0 Å². The molecule has 2 aromatic rings. The van der Waals surface area contributed by atoms with E-state index in [9.17, 15) is 14.4 Å². The quantitative estimate of drug-likeness (QED) is 0.691. The zero-order chi connectivity index (χ0) is 22.7. The van der Waals surface area contributed by atoms with Crippen molar-refractivity contribution in [1.82, 2.24) is 19.7 Å². The van der Waals surface area contributed by atoms with E-state index < -0.39 is 0 Å². The molecular weight excluding hydrogens is 426 g/mol. The highest BCUT2D eigenvalue weighted by molar-refractivity contribution is 7.15. The molecule has 2 aliphatic heterocycles. The summed E-state index contributed by atoms with van der Waals surface area (Å²) in [5.74, 6) is -0.456. The van der Waals surface area contributed by atoms with Crippen LogP contribution in [-0.2, 0) is 22.6 Å². The highest BCUT2D eigenvalue weighted by Gasteiger charge is 2.34. The van der Waals surface area contributed by atoms with Crippen molar-refractivity contribution in [2.24, 2.45) is 5.92 Å². The number of anilines is 1. The van der Waals surface area contributed by atoms with Gasteiger partial charge in [0, 0.05) is 42.9 Å². The molecule has 1 unspecified atom stereocenters. The lowest BCUT2D eigenvalue weighted by molar-refractivity contribution is -0.128. The second kappa shape index (κ2) is 9.79. The first-order valence-corrected chi connectivity index (χ1v) is 11.8. The lowest BCUT2D eigenvalue weighted by atomic mass is 10.1. The van der Waals surface area contributed by atoms with Crippen LogP contribution in [0.25, 0.3) is 0 Å². The Morgan fingerprint density at radius 1 is 1.25 bits per heavy atom. The molecule has 32 heavy (non-hydrogen) atoms. The minimum atomic E-state index is -0.348. The largest absolute Gasteiger partial charge is 0.342 e. The Morgan fingerprint density at radius 2 is 2.03 bits per heavy atom. The minimum Gasteiger partial charge on any atom is -0.342 e. The lowest BCUT2D eigenvalue weighted by Gasteiger charge is -2.26. The van der Waals surface area contributed by atoms with Crippen LogP contribution in [0.4, 0.5) is 5.13 Å². The molecule has 0 spiro atoms. The van der Waals surface area contributed by atoms with Gasteiger partial charge in [0.1, 0.15) is 0 Å². The molecule has 0 radical (unpaired) electrons. The van der Waals surface area contributed by atoms with Crippen LogP contribution in [0.1, 0.15) is 33.8 Å². The molecule has 8 nitrogen and oxygen atoms in total. The Labute approximate surface area is 192 Å². The molecule has 0 saturated carbocycles. The van der Waals surface area contributed by atoms with Crippen molar-refractivity contribution in [2.75, 3.05) is 45.6 Å². The predicted octanol–water partition coefficient (Wildman–Crippen LogP) is 2.08. The van der Waals surface area contributed by atoms with Gasteiger partial charge in [-0.2, -0.15) is 0 Å². The van der Waals surface area contributed by atoms with Gasteiger partial charge in [-0.25, -0.2) is 4.98 Å². The molecule has 1 N–H and O–H groups in total. The van der Waals surface area contributed by atoms with E-state index in [-0.39, 0.29) is 30.1 Å². The number of carbonyl (C=O) groups is 3. The summed E-state index contributed by atoms with van der Waals surface area (Å²) in [7, 11) is 4.01. The van der Waals surface area contributed by atoms with E-state index in [0.717, 1.165) is 23.5 Å². The number of likely N-dealkylation sites (tertiary alicyclic amines) is 1. The summed E-state index contributed by atoms with van der Waals surface area (Å²) in [6.45, 7) is 3.16. The second-order valence-corrected chi connectivity index (χ2v) is 9.70. The average Bonchev–Trinajstić information content (AvgIpc) is 3.35. The van der Waals surface area contributed by atoms with Crippen LogP contribution in [0.3, 0.4) is 0 Å². The number of thiazole rings is 1. The Kier molecular flexibility index (Phi) is 6.86.